The van der Waals surface area contributed by atoms with E-state index in [2.05, 4.69) is 18.1 Å². The molecule has 2 heterocycles. The molecule has 0 bridgehead atoms. The molecular formula is C17H16N2OS2. The zero-order valence-corrected chi connectivity index (χ0v) is 14.3. The molecule has 0 aliphatic rings. The molecular weight excluding hydrogens is 312 g/mol. The first-order valence-corrected chi connectivity index (χ1v) is 8.94. The Morgan fingerprint density at radius 2 is 2.00 bits per heavy atom. The molecule has 0 N–H and O–H groups in total. The van der Waals surface area contributed by atoms with Crippen LogP contribution in [0.5, 0.6) is 0 Å². The van der Waals surface area contributed by atoms with Gasteiger partial charge in [0.2, 0.25) is 0 Å². The lowest BCUT2D eigenvalue weighted by molar-refractivity contribution is 0.104. The van der Waals surface area contributed by atoms with E-state index in [1.54, 1.807) is 29.2 Å². The van der Waals surface area contributed by atoms with E-state index in [9.17, 15) is 4.79 Å². The second-order valence-electron chi connectivity index (χ2n) is 5.00. The first-order valence-electron chi connectivity index (χ1n) is 6.90. The predicted octanol–water partition coefficient (Wildman–Crippen LogP) is 4.63. The number of carbonyl (C=O) groups is 1. The van der Waals surface area contributed by atoms with E-state index < -0.39 is 0 Å². The summed E-state index contributed by atoms with van der Waals surface area (Å²) in [5, 5.41) is 0. The van der Waals surface area contributed by atoms with Gasteiger partial charge in [0.15, 0.2) is 10.7 Å². The van der Waals surface area contributed by atoms with Gasteiger partial charge in [-0.25, -0.2) is 4.98 Å². The highest BCUT2D eigenvalue weighted by Crippen LogP contribution is 2.22. The predicted molar refractivity (Wildman–Crippen MR) is 94.1 cm³/mol. The molecule has 22 heavy (non-hydrogen) atoms. The SMILES string of the molecule is CSc1ccc(C(=O)/C=C/c2c(C)nc3sc(C)cn23)cc1. The molecule has 3 aromatic rings. The van der Waals surface area contributed by atoms with Crippen LogP contribution in [-0.4, -0.2) is 21.4 Å². The minimum atomic E-state index is 0.00829. The van der Waals surface area contributed by atoms with Gasteiger partial charge in [0, 0.05) is 21.5 Å². The third-order valence-corrected chi connectivity index (χ3v) is 5.07. The standard InChI is InChI=1S/C17H16N2OS2/c1-11-10-19-15(12(2)18-17(19)22-11)8-9-16(20)13-4-6-14(21-3)7-5-13/h4-10H,1-3H3/b9-8+. The van der Waals surface area contributed by atoms with E-state index in [0.717, 1.165) is 21.2 Å². The van der Waals surface area contributed by atoms with Crippen molar-refractivity contribution >= 4 is 39.9 Å². The van der Waals surface area contributed by atoms with Crippen molar-refractivity contribution in [1.29, 1.82) is 0 Å². The van der Waals surface area contributed by atoms with E-state index in [1.165, 1.54) is 4.88 Å². The number of imidazole rings is 1. The fourth-order valence-electron chi connectivity index (χ4n) is 2.29. The minimum Gasteiger partial charge on any atom is -0.290 e. The number of carbonyl (C=O) groups excluding carboxylic acids is 1. The van der Waals surface area contributed by atoms with Crippen molar-refractivity contribution in [2.24, 2.45) is 0 Å². The summed E-state index contributed by atoms with van der Waals surface area (Å²) in [7, 11) is 0. The number of thiazole rings is 1. The molecule has 0 saturated carbocycles. The molecule has 3 nitrogen and oxygen atoms in total. The number of thioether (sulfide) groups is 1. The van der Waals surface area contributed by atoms with Crippen LogP contribution in [0, 0.1) is 13.8 Å². The van der Waals surface area contributed by atoms with Crippen LogP contribution >= 0.6 is 23.1 Å². The van der Waals surface area contributed by atoms with Gasteiger partial charge >= 0.3 is 0 Å². The van der Waals surface area contributed by atoms with Crippen LogP contribution in [0.2, 0.25) is 0 Å². The molecule has 112 valence electrons. The number of aromatic nitrogens is 2. The summed E-state index contributed by atoms with van der Waals surface area (Å²) in [4.78, 5) is 20.1. The van der Waals surface area contributed by atoms with Gasteiger partial charge in [0.05, 0.1) is 11.4 Å². The van der Waals surface area contributed by atoms with Gasteiger partial charge in [-0.3, -0.25) is 9.20 Å². The van der Waals surface area contributed by atoms with E-state index >= 15 is 0 Å². The van der Waals surface area contributed by atoms with Gasteiger partial charge in [-0.05, 0) is 56.5 Å². The summed E-state index contributed by atoms with van der Waals surface area (Å²) in [6.45, 7) is 4.02. The van der Waals surface area contributed by atoms with Crippen LogP contribution in [-0.2, 0) is 0 Å². The lowest BCUT2D eigenvalue weighted by Crippen LogP contribution is -1.94. The summed E-state index contributed by atoms with van der Waals surface area (Å²) in [6, 6.07) is 7.67. The number of hydrogen-bond acceptors (Lipinski definition) is 4. The Bertz CT molecular complexity index is 857. The molecule has 5 heteroatoms. The second kappa shape index (κ2) is 6.10. The molecule has 0 aliphatic carbocycles. The lowest BCUT2D eigenvalue weighted by Gasteiger charge is -1.98. The van der Waals surface area contributed by atoms with Crippen molar-refractivity contribution in [3.63, 3.8) is 0 Å². The summed E-state index contributed by atoms with van der Waals surface area (Å²) < 4.78 is 2.04. The maximum atomic E-state index is 12.3. The Hall–Kier alpha value is -1.85. The van der Waals surface area contributed by atoms with E-state index in [-0.39, 0.29) is 5.78 Å². The van der Waals surface area contributed by atoms with Crippen molar-refractivity contribution in [3.8, 4) is 0 Å². The molecule has 2 aromatic heterocycles. The molecule has 0 saturated heterocycles. The van der Waals surface area contributed by atoms with E-state index in [4.69, 9.17) is 0 Å². The summed E-state index contributed by atoms with van der Waals surface area (Å²) in [5.41, 5.74) is 2.61. The highest BCUT2D eigenvalue weighted by molar-refractivity contribution is 7.98. The van der Waals surface area contributed by atoms with Crippen molar-refractivity contribution < 1.29 is 4.79 Å². The number of allylic oxidation sites excluding steroid dienone is 1. The van der Waals surface area contributed by atoms with Gasteiger partial charge in [0.25, 0.3) is 0 Å². The molecule has 0 amide bonds. The van der Waals surface area contributed by atoms with Crippen LogP contribution in [0.4, 0.5) is 0 Å². The Morgan fingerprint density at radius 1 is 1.27 bits per heavy atom. The topological polar surface area (TPSA) is 34.4 Å². The first kappa shape index (κ1) is 15.1. The van der Waals surface area contributed by atoms with Gasteiger partial charge in [-0.2, -0.15) is 0 Å². The second-order valence-corrected chi connectivity index (χ2v) is 7.10. The third kappa shape index (κ3) is 2.87. The normalized spacial score (nSPS) is 11.6. The monoisotopic (exact) mass is 328 g/mol. The van der Waals surface area contributed by atoms with Gasteiger partial charge < -0.3 is 0 Å². The quantitative estimate of drug-likeness (QED) is 0.398. The number of rotatable bonds is 4. The molecule has 0 radical (unpaired) electrons. The Kier molecular flexibility index (Phi) is 4.18. The summed E-state index contributed by atoms with van der Waals surface area (Å²) in [5.74, 6) is 0.00829. The average Bonchev–Trinajstić information content (AvgIpc) is 3.00. The molecule has 0 aliphatic heterocycles. The number of hydrogen-bond donors (Lipinski definition) is 0. The van der Waals surface area contributed by atoms with Crippen molar-refractivity contribution in [1.82, 2.24) is 9.38 Å². The summed E-state index contributed by atoms with van der Waals surface area (Å²) >= 11 is 3.32. The molecule has 3 rings (SSSR count). The van der Waals surface area contributed by atoms with Crippen molar-refractivity contribution in [3.05, 3.63) is 58.4 Å². The van der Waals surface area contributed by atoms with Crippen LogP contribution in [0.1, 0.15) is 26.6 Å². The van der Waals surface area contributed by atoms with E-state index in [1.807, 2.05) is 47.9 Å². The number of fused-ring (bicyclic) bond motifs is 1. The Balaban J connectivity index is 1.88. The zero-order chi connectivity index (χ0) is 15.7. The fourth-order valence-corrected chi connectivity index (χ4v) is 3.57. The summed E-state index contributed by atoms with van der Waals surface area (Å²) in [6.07, 6.45) is 7.55. The number of aryl methyl sites for hydroxylation is 2. The van der Waals surface area contributed by atoms with Crippen LogP contribution in [0.25, 0.3) is 11.0 Å². The minimum absolute atomic E-state index is 0.00829. The average molecular weight is 328 g/mol. The maximum absolute atomic E-state index is 12.3. The number of ketones is 1. The third-order valence-electron chi connectivity index (χ3n) is 3.43. The fraction of sp³-hybridized carbons (Fsp3) is 0.176. The Morgan fingerprint density at radius 3 is 2.68 bits per heavy atom. The smallest absolute Gasteiger partial charge is 0.194 e. The van der Waals surface area contributed by atoms with E-state index in [0.29, 0.717) is 5.56 Å². The van der Waals surface area contributed by atoms with Crippen LogP contribution in [0.3, 0.4) is 0 Å². The highest BCUT2D eigenvalue weighted by atomic mass is 32.2. The molecule has 1 aromatic carbocycles. The molecule has 0 fully saturated rings. The highest BCUT2D eigenvalue weighted by Gasteiger charge is 2.09. The van der Waals surface area contributed by atoms with Crippen molar-refractivity contribution in [2.45, 2.75) is 18.7 Å². The molecule has 0 unspecified atom stereocenters. The van der Waals surface area contributed by atoms with Crippen LogP contribution < -0.4 is 0 Å². The van der Waals surface area contributed by atoms with Gasteiger partial charge in [-0.1, -0.05) is 0 Å². The lowest BCUT2D eigenvalue weighted by atomic mass is 10.1. The van der Waals surface area contributed by atoms with Gasteiger partial charge in [0.1, 0.15) is 0 Å². The van der Waals surface area contributed by atoms with Gasteiger partial charge in [-0.15, -0.1) is 23.1 Å². The molecule has 0 spiro atoms. The largest absolute Gasteiger partial charge is 0.290 e. The number of nitrogens with zero attached hydrogens (tertiary/aromatic N) is 2. The zero-order valence-electron chi connectivity index (χ0n) is 12.7. The molecule has 0 atom stereocenters. The first-order chi connectivity index (χ1) is 10.6. The van der Waals surface area contributed by atoms with Crippen LogP contribution in [0.15, 0.2) is 41.4 Å². The van der Waals surface area contributed by atoms with Crippen molar-refractivity contribution in [2.75, 3.05) is 6.26 Å². The number of benzene rings is 1. The Labute approximate surface area is 137 Å². The maximum Gasteiger partial charge on any atom is 0.194 e.